The third-order valence-electron chi connectivity index (χ3n) is 8.10. The lowest BCUT2D eigenvalue weighted by molar-refractivity contribution is 1.07. The number of pyridine rings is 1. The molecule has 5 aromatic carbocycles. The lowest BCUT2D eigenvalue weighted by atomic mass is 10.1. The van der Waals surface area contributed by atoms with Crippen LogP contribution in [0.15, 0.2) is 140 Å². The third kappa shape index (κ3) is 4.00. The van der Waals surface area contributed by atoms with Crippen LogP contribution in [0.25, 0.3) is 82.0 Å². The maximum Gasteiger partial charge on any atom is 0.164 e. The Balaban J connectivity index is 1.21. The van der Waals surface area contributed by atoms with Gasteiger partial charge in [-0.25, -0.2) is 15.0 Å². The first-order valence-corrected chi connectivity index (χ1v) is 15.3. The molecular formula is C38H23N5S. The first-order chi connectivity index (χ1) is 21.8. The second-order valence-corrected chi connectivity index (χ2v) is 11.8. The maximum absolute atomic E-state index is 4.91. The van der Waals surface area contributed by atoms with Crippen LogP contribution in [0.1, 0.15) is 0 Å². The highest BCUT2D eigenvalue weighted by Crippen LogP contribution is 2.40. The molecule has 44 heavy (non-hydrogen) atoms. The molecule has 9 aromatic rings. The number of aromatic nitrogens is 5. The van der Waals surface area contributed by atoms with E-state index < -0.39 is 0 Å². The van der Waals surface area contributed by atoms with Crippen LogP contribution >= 0.6 is 11.3 Å². The molecule has 4 heterocycles. The Labute approximate surface area is 256 Å². The molecule has 0 saturated carbocycles. The molecule has 0 amide bonds. The molecule has 0 fully saturated rings. The minimum absolute atomic E-state index is 0.639. The monoisotopic (exact) mass is 581 g/mol. The number of hydrogen-bond acceptors (Lipinski definition) is 5. The number of benzene rings is 5. The highest BCUT2D eigenvalue weighted by molar-refractivity contribution is 7.25. The average molecular weight is 582 g/mol. The van der Waals surface area contributed by atoms with Gasteiger partial charge in [0.25, 0.3) is 0 Å². The van der Waals surface area contributed by atoms with E-state index in [9.17, 15) is 0 Å². The summed E-state index contributed by atoms with van der Waals surface area (Å²) in [5, 5.41) is 3.72. The first-order valence-electron chi connectivity index (χ1n) is 14.5. The summed E-state index contributed by atoms with van der Waals surface area (Å²) < 4.78 is 4.88. The summed E-state index contributed by atoms with van der Waals surface area (Å²) in [6.07, 6.45) is 1.88. The van der Waals surface area contributed by atoms with Gasteiger partial charge in [-0.1, -0.05) is 78.9 Å². The van der Waals surface area contributed by atoms with Gasteiger partial charge in [-0.3, -0.25) is 4.98 Å². The van der Waals surface area contributed by atoms with Crippen molar-refractivity contribution in [1.82, 2.24) is 24.5 Å². The lowest BCUT2D eigenvalue weighted by Gasteiger charge is -2.10. The maximum atomic E-state index is 4.91. The second-order valence-electron chi connectivity index (χ2n) is 10.8. The van der Waals surface area contributed by atoms with E-state index in [0.29, 0.717) is 17.5 Å². The normalized spacial score (nSPS) is 11.6. The molecule has 6 heteroatoms. The molecule has 0 aliphatic carbocycles. The van der Waals surface area contributed by atoms with Crippen molar-refractivity contribution >= 4 is 53.4 Å². The zero-order valence-corrected chi connectivity index (χ0v) is 24.2. The Morgan fingerprint density at radius 1 is 0.455 bits per heavy atom. The van der Waals surface area contributed by atoms with Gasteiger partial charge in [0.1, 0.15) is 0 Å². The summed E-state index contributed by atoms with van der Waals surface area (Å²) in [5.41, 5.74) is 7.12. The molecule has 9 rings (SSSR count). The molecule has 0 saturated heterocycles. The molecular weight excluding hydrogens is 559 g/mol. The van der Waals surface area contributed by atoms with Crippen molar-refractivity contribution in [3.8, 4) is 39.9 Å². The van der Waals surface area contributed by atoms with Gasteiger partial charge in [0.05, 0.1) is 16.6 Å². The molecule has 0 aliphatic heterocycles. The topological polar surface area (TPSA) is 56.5 Å². The number of nitrogens with zero attached hydrogens (tertiary/aromatic N) is 5. The van der Waals surface area contributed by atoms with Crippen molar-refractivity contribution in [2.24, 2.45) is 0 Å². The molecule has 0 N–H and O–H groups in total. The SMILES string of the molecule is c1ccc(-c2nc(-c3ccccc3)nc(-c3ccc(-n4c5cc6sc7ccccc7c6cc5c5ncccc54)cc3)n2)cc1. The summed E-state index contributed by atoms with van der Waals surface area (Å²) in [7, 11) is 0. The Hall–Kier alpha value is -5.72. The molecule has 206 valence electrons. The van der Waals surface area contributed by atoms with Gasteiger partial charge in [-0.15, -0.1) is 11.3 Å². The lowest BCUT2D eigenvalue weighted by Crippen LogP contribution is -2.00. The van der Waals surface area contributed by atoms with Crippen LogP contribution in [0.5, 0.6) is 0 Å². The van der Waals surface area contributed by atoms with Crippen LogP contribution in [0, 0.1) is 0 Å². The zero-order valence-electron chi connectivity index (χ0n) is 23.4. The Morgan fingerprint density at radius 2 is 1.07 bits per heavy atom. The molecule has 0 aliphatic rings. The highest BCUT2D eigenvalue weighted by atomic mass is 32.1. The number of hydrogen-bond donors (Lipinski definition) is 0. The minimum atomic E-state index is 0.639. The predicted octanol–water partition coefficient (Wildman–Crippen LogP) is 9.73. The van der Waals surface area contributed by atoms with Crippen LogP contribution < -0.4 is 0 Å². The molecule has 5 nitrogen and oxygen atoms in total. The predicted molar refractivity (Wildman–Crippen MR) is 181 cm³/mol. The molecule has 0 atom stereocenters. The highest BCUT2D eigenvalue weighted by Gasteiger charge is 2.17. The van der Waals surface area contributed by atoms with Gasteiger partial charge >= 0.3 is 0 Å². The number of rotatable bonds is 4. The van der Waals surface area contributed by atoms with E-state index in [1.807, 2.05) is 84.3 Å². The van der Waals surface area contributed by atoms with Crippen molar-refractivity contribution in [2.45, 2.75) is 0 Å². The van der Waals surface area contributed by atoms with E-state index in [1.165, 1.54) is 20.2 Å². The Morgan fingerprint density at radius 3 is 1.75 bits per heavy atom. The van der Waals surface area contributed by atoms with Crippen LogP contribution in [0.4, 0.5) is 0 Å². The fourth-order valence-corrected chi connectivity index (χ4v) is 7.15. The van der Waals surface area contributed by atoms with E-state index in [1.54, 1.807) is 0 Å². The number of fused-ring (bicyclic) bond motifs is 6. The fourth-order valence-electron chi connectivity index (χ4n) is 6.03. The van der Waals surface area contributed by atoms with Gasteiger partial charge in [-0.2, -0.15) is 0 Å². The van der Waals surface area contributed by atoms with Crippen LogP contribution in [0.2, 0.25) is 0 Å². The fraction of sp³-hybridized carbons (Fsp3) is 0. The summed E-state index contributed by atoms with van der Waals surface area (Å²) in [6.45, 7) is 0. The smallest absolute Gasteiger partial charge is 0.164 e. The van der Waals surface area contributed by atoms with Crippen molar-refractivity contribution in [1.29, 1.82) is 0 Å². The van der Waals surface area contributed by atoms with E-state index in [0.717, 1.165) is 44.3 Å². The number of thiophene rings is 1. The summed E-state index contributed by atoms with van der Waals surface area (Å²) in [6, 6.07) is 46.0. The van der Waals surface area contributed by atoms with Crippen LogP contribution in [0.3, 0.4) is 0 Å². The van der Waals surface area contributed by atoms with Gasteiger partial charge in [0.15, 0.2) is 17.5 Å². The van der Waals surface area contributed by atoms with Gasteiger partial charge in [-0.05, 0) is 54.6 Å². The van der Waals surface area contributed by atoms with Gasteiger partial charge in [0, 0.05) is 54.1 Å². The Kier molecular flexibility index (Phi) is 5.61. The molecule has 0 spiro atoms. The summed E-state index contributed by atoms with van der Waals surface area (Å²) >= 11 is 1.83. The van der Waals surface area contributed by atoms with Crippen LogP contribution in [-0.4, -0.2) is 24.5 Å². The minimum Gasteiger partial charge on any atom is -0.308 e. The quantitative estimate of drug-likeness (QED) is 0.208. The van der Waals surface area contributed by atoms with E-state index in [2.05, 4.69) is 71.3 Å². The first kappa shape index (κ1) is 24.8. The van der Waals surface area contributed by atoms with Crippen molar-refractivity contribution < 1.29 is 0 Å². The second kappa shape index (κ2) is 9.93. The van der Waals surface area contributed by atoms with Crippen molar-refractivity contribution in [3.63, 3.8) is 0 Å². The largest absolute Gasteiger partial charge is 0.308 e. The van der Waals surface area contributed by atoms with E-state index in [4.69, 9.17) is 19.9 Å². The van der Waals surface area contributed by atoms with Crippen molar-refractivity contribution in [3.05, 3.63) is 140 Å². The van der Waals surface area contributed by atoms with Gasteiger partial charge in [0.2, 0.25) is 0 Å². The average Bonchev–Trinajstić information content (AvgIpc) is 3.62. The van der Waals surface area contributed by atoms with Gasteiger partial charge < -0.3 is 4.57 Å². The molecule has 4 aromatic heterocycles. The molecule has 0 bridgehead atoms. The third-order valence-corrected chi connectivity index (χ3v) is 9.24. The summed E-state index contributed by atoms with van der Waals surface area (Å²) in [4.78, 5) is 19.5. The van der Waals surface area contributed by atoms with E-state index in [-0.39, 0.29) is 0 Å². The Bertz CT molecular complexity index is 2420. The zero-order chi connectivity index (χ0) is 29.0. The summed E-state index contributed by atoms with van der Waals surface area (Å²) in [5.74, 6) is 1.94. The van der Waals surface area contributed by atoms with E-state index >= 15 is 0 Å². The molecule has 0 unspecified atom stereocenters. The van der Waals surface area contributed by atoms with Crippen LogP contribution in [-0.2, 0) is 0 Å². The molecule has 0 radical (unpaired) electrons. The standard InChI is InChI=1S/C38H23N5S/c1-3-10-24(11-4-1)36-40-37(25-12-5-2-6-13-25)42-38(41-36)26-17-19-27(20-18-26)43-31-15-9-21-39-35(31)30-22-29-28-14-7-8-16-33(28)44-34(29)23-32(30)43/h1-23H. The van der Waals surface area contributed by atoms with Crippen molar-refractivity contribution in [2.75, 3.05) is 0 Å².